The summed E-state index contributed by atoms with van der Waals surface area (Å²) in [5.41, 5.74) is 9.29. The number of amides is 2. The lowest BCUT2D eigenvalue weighted by molar-refractivity contribution is 0.0606. The van der Waals surface area contributed by atoms with Gasteiger partial charge in [-0.15, -0.1) is 0 Å². The van der Waals surface area contributed by atoms with Crippen molar-refractivity contribution in [3.8, 4) is 0 Å². The molecule has 6 nitrogen and oxygen atoms in total. The van der Waals surface area contributed by atoms with Crippen molar-refractivity contribution >= 4 is 17.7 Å². The molecule has 0 saturated heterocycles. The zero-order valence-corrected chi connectivity index (χ0v) is 19.2. The number of hydrogen-bond acceptors (Lipinski definition) is 4. The highest BCUT2D eigenvalue weighted by molar-refractivity contribution is 5.94. The smallest absolute Gasteiger partial charge is 0.411 e. The monoisotopic (exact) mass is 457 g/mol. The molecule has 2 amide bonds. The van der Waals surface area contributed by atoms with Crippen LogP contribution in [0.5, 0.6) is 0 Å². The van der Waals surface area contributed by atoms with E-state index < -0.39 is 6.09 Å². The minimum atomic E-state index is -0.514. The first-order chi connectivity index (χ1) is 16.6. The van der Waals surface area contributed by atoms with Crippen molar-refractivity contribution in [2.45, 2.75) is 50.9 Å². The first kappa shape index (κ1) is 23.5. The number of carbonyl (C=O) groups excluding carboxylic acids is 2. The number of nitrogens with zero attached hydrogens (tertiary/aromatic N) is 1. The van der Waals surface area contributed by atoms with Crippen LogP contribution < -0.4 is 11.1 Å². The van der Waals surface area contributed by atoms with Crippen LogP contribution in [-0.4, -0.2) is 29.0 Å². The van der Waals surface area contributed by atoms with Crippen molar-refractivity contribution in [2.24, 2.45) is 5.73 Å². The molecule has 6 heteroatoms. The van der Waals surface area contributed by atoms with E-state index in [-0.39, 0.29) is 24.6 Å². The van der Waals surface area contributed by atoms with Crippen LogP contribution in [0.2, 0.25) is 0 Å². The van der Waals surface area contributed by atoms with E-state index in [2.05, 4.69) is 5.32 Å². The molecular weight excluding hydrogens is 426 g/mol. The van der Waals surface area contributed by atoms with E-state index in [1.54, 1.807) is 0 Å². The highest BCUT2D eigenvalue weighted by atomic mass is 16.5. The van der Waals surface area contributed by atoms with Crippen LogP contribution in [0.4, 0.5) is 10.5 Å². The standard InChI is InChI=1S/C28H31N3O3/c29-24-14-16-26(17-15-24)31(27(32)23-11-5-2-6-12-23)19-22-10-7-13-25(18-22)30-28(33)34-20-21-8-3-1-4-9-21/h1-13,18,24,26H,14-17,19-20,29H2,(H,30,33). The van der Waals surface area contributed by atoms with Crippen molar-refractivity contribution in [2.75, 3.05) is 5.32 Å². The third-order valence-corrected chi connectivity index (χ3v) is 6.20. The van der Waals surface area contributed by atoms with Gasteiger partial charge >= 0.3 is 6.09 Å². The lowest BCUT2D eigenvalue weighted by Gasteiger charge is -2.36. The fourth-order valence-electron chi connectivity index (χ4n) is 4.35. The van der Waals surface area contributed by atoms with Crippen LogP contribution in [0.25, 0.3) is 0 Å². The molecule has 0 aromatic heterocycles. The topological polar surface area (TPSA) is 84.7 Å². The van der Waals surface area contributed by atoms with E-state index >= 15 is 0 Å². The molecule has 0 unspecified atom stereocenters. The maximum atomic E-state index is 13.4. The number of rotatable bonds is 7. The quantitative estimate of drug-likeness (QED) is 0.501. The van der Waals surface area contributed by atoms with Gasteiger partial charge in [-0.05, 0) is 61.1 Å². The summed E-state index contributed by atoms with van der Waals surface area (Å²) in [4.78, 5) is 27.7. The molecule has 3 aromatic rings. The predicted octanol–water partition coefficient (Wildman–Crippen LogP) is 5.35. The van der Waals surface area contributed by atoms with Gasteiger partial charge in [0.1, 0.15) is 6.61 Å². The molecule has 0 spiro atoms. The Morgan fingerprint density at radius 1 is 0.853 bits per heavy atom. The Labute approximate surface area is 200 Å². The Hall–Kier alpha value is -3.64. The second-order valence-corrected chi connectivity index (χ2v) is 8.75. The van der Waals surface area contributed by atoms with Gasteiger partial charge in [0.05, 0.1) is 0 Å². The van der Waals surface area contributed by atoms with Gasteiger partial charge in [-0.1, -0.05) is 60.7 Å². The zero-order valence-electron chi connectivity index (χ0n) is 19.2. The fourth-order valence-corrected chi connectivity index (χ4v) is 4.35. The third kappa shape index (κ3) is 6.45. The number of carbonyl (C=O) groups is 2. The SMILES string of the molecule is NC1CCC(N(Cc2cccc(NC(=O)OCc3ccccc3)c2)C(=O)c2ccccc2)CC1. The second kappa shape index (κ2) is 11.5. The number of ether oxygens (including phenoxy) is 1. The van der Waals surface area contributed by atoms with E-state index in [1.807, 2.05) is 89.8 Å². The molecule has 0 bridgehead atoms. The molecule has 1 aliphatic carbocycles. The molecule has 1 fully saturated rings. The number of hydrogen-bond donors (Lipinski definition) is 2. The summed E-state index contributed by atoms with van der Waals surface area (Å²) in [6.07, 6.45) is 3.10. The Morgan fingerprint density at radius 3 is 2.21 bits per heavy atom. The maximum Gasteiger partial charge on any atom is 0.411 e. The van der Waals surface area contributed by atoms with Crippen molar-refractivity contribution in [3.63, 3.8) is 0 Å². The van der Waals surface area contributed by atoms with Gasteiger partial charge < -0.3 is 15.4 Å². The Morgan fingerprint density at radius 2 is 1.50 bits per heavy atom. The minimum absolute atomic E-state index is 0.0155. The molecule has 4 rings (SSSR count). The van der Waals surface area contributed by atoms with Crippen LogP contribution in [0.3, 0.4) is 0 Å². The maximum absolute atomic E-state index is 13.4. The van der Waals surface area contributed by atoms with Crippen LogP contribution in [0, 0.1) is 0 Å². The number of anilines is 1. The normalized spacial score (nSPS) is 17.6. The van der Waals surface area contributed by atoms with E-state index in [4.69, 9.17) is 10.5 Å². The van der Waals surface area contributed by atoms with Gasteiger partial charge in [-0.2, -0.15) is 0 Å². The van der Waals surface area contributed by atoms with E-state index in [1.165, 1.54) is 0 Å². The van der Waals surface area contributed by atoms with Gasteiger partial charge in [0.15, 0.2) is 0 Å². The summed E-state index contributed by atoms with van der Waals surface area (Å²) in [5.74, 6) is 0.0155. The van der Waals surface area contributed by atoms with Gasteiger partial charge in [0.25, 0.3) is 5.91 Å². The second-order valence-electron chi connectivity index (χ2n) is 8.75. The number of nitrogens with two attached hydrogens (primary N) is 1. The lowest BCUT2D eigenvalue weighted by Crippen LogP contribution is -2.43. The fraction of sp³-hybridized carbons (Fsp3) is 0.286. The molecule has 1 aliphatic rings. The molecule has 0 aliphatic heterocycles. The van der Waals surface area contributed by atoms with Crippen LogP contribution in [0.1, 0.15) is 47.2 Å². The molecule has 3 aromatic carbocycles. The van der Waals surface area contributed by atoms with Gasteiger partial charge in [0, 0.05) is 29.9 Å². The minimum Gasteiger partial charge on any atom is -0.444 e. The van der Waals surface area contributed by atoms with Crippen LogP contribution >= 0.6 is 0 Å². The highest BCUT2D eigenvalue weighted by Crippen LogP contribution is 2.26. The van der Waals surface area contributed by atoms with Gasteiger partial charge in [-0.3, -0.25) is 10.1 Å². The average molecular weight is 458 g/mol. The van der Waals surface area contributed by atoms with Crippen molar-refractivity contribution in [1.29, 1.82) is 0 Å². The Bertz CT molecular complexity index is 1080. The highest BCUT2D eigenvalue weighted by Gasteiger charge is 2.28. The summed E-state index contributed by atoms with van der Waals surface area (Å²) < 4.78 is 5.33. The predicted molar refractivity (Wildman–Crippen MR) is 133 cm³/mol. The van der Waals surface area contributed by atoms with E-state index in [0.29, 0.717) is 17.8 Å². The van der Waals surface area contributed by atoms with E-state index in [0.717, 1.165) is 36.8 Å². The molecule has 0 radical (unpaired) electrons. The Kier molecular flexibility index (Phi) is 7.94. The summed E-state index contributed by atoms with van der Waals surface area (Å²) in [6.45, 7) is 0.664. The summed E-state index contributed by atoms with van der Waals surface area (Å²) in [6, 6.07) is 26.8. The first-order valence-corrected chi connectivity index (χ1v) is 11.8. The van der Waals surface area contributed by atoms with Crippen LogP contribution in [0.15, 0.2) is 84.9 Å². The lowest BCUT2D eigenvalue weighted by atomic mass is 9.90. The van der Waals surface area contributed by atoms with Gasteiger partial charge in [0.2, 0.25) is 0 Å². The zero-order chi connectivity index (χ0) is 23.8. The van der Waals surface area contributed by atoms with Crippen molar-refractivity contribution < 1.29 is 14.3 Å². The largest absolute Gasteiger partial charge is 0.444 e. The van der Waals surface area contributed by atoms with Crippen molar-refractivity contribution in [1.82, 2.24) is 4.90 Å². The number of benzene rings is 3. The molecule has 34 heavy (non-hydrogen) atoms. The Balaban J connectivity index is 1.44. The molecule has 176 valence electrons. The molecule has 0 atom stereocenters. The molecular formula is C28H31N3O3. The molecule has 0 heterocycles. The average Bonchev–Trinajstić information content (AvgIpc) is 2.88. The summed E-state index contributed by atoms with van der Waals surface area (Å²) in [7, 11) is 0. The summed E-state index contributed by atoms with van der Waals surface area (Å²) in [5, 5.41) is 2.79. The van der Waals surface area contributed by atoms with Gasteiger partial charge in [-0.25, -0.2) is 4.79 Å². The first-order valence-electron chi connectivity index (χ1n) is 11.8. The van der Waals surface area contributed by atoms with E-state index in [9.17, 15) is 9.59 Å². The molecule has 1 saturated carbocycles. The molecule has 3 N–H and O–H groups in total. The van der Waals surface area contributed by atoms with Crippen molar-refractivity contribution in [3.05, 3.63) is 102 Å². The number of nitrogens with one attached hydrogen (secondary N) is 1. The van der Waals surface area contributed by atoms with Crippen LogP contribution in [-0.2, 0) is 17.9 Å². The summed E-state index contributed by atoms with van der Waals surface area (Å²) >= 11 is 0. The third-order valence-electron chi connectivity index (χ3n) is 6.20.